The van der Waals surface area contributed by atoms with E-state index >= 15 is 0 Å². The minimum atomic E-state index is -3.05. The number of hydrogen-bond acceptors (Lipinski definition) is 6. The highest BCUT2D eigenvalue weighted by atomic mass is 32.2. The van der Waals surface area contributed by atoms with Crippen LogP contribution in [0.3, 0.4) is 0 Å². The van der Waals surface area contributed by atoms with Gasteiger partial charge in [0.25, 0.3) is 5.91 Å². The number of thiocarbonyl (C=S) groups is 1. The van der Waals surface area contributed by atoms with Gasteiger partial charge in [-0.15, -0.1) is 0 Å². The van der Waals surface area contributed by atoms with Gasteiger partial charge in [-0.1, -0.05) is 30.0 Å². The number of amides is 1. The number of carbonyl (C=O) groups is 1. The third-order valence-corrected chi connectivity index (χ3v) is 6.46. The summed E-state index contributed by atoms with van der Waals surface area (Å²) in [5, 5.41) is 0. The van der Waals surface area contributed by atoms with Crippen LogP contribution in [0, 0.1) is 0 Å². The SMILES string of the molecule is O=C1/C(=C\c2cccnc2)SC(=S)N1[C@@H]1CCS(=O)(=O)C1. The Morgan fingerprint density at radius 2 is 2.29 bits per heavy atom. The van der Waals surface area contributed by atoms with Crippen molar-refractivity contribution in [2.75, 3.05) is 11.5 Å². The van der Waals surface area contributed by atoms with Crippen molar-refractivity contribution in [2.24, 2.45) is 0 Å². The molecule has 110 valence electrons. The second-order valence-corrected chi connectivity index (χ2v) is 8.80. The van der Waals surface area contributed by atoms with Crippen molar-refractivity contribution in [3.8, 4) is 0 Å². The number of sulfone groups is 1. The molecule has 2 fully saturated rings. The second kappa shape index (κ2) is 5.51. The van der Waals surface area contributed by atoms with E-state index in [2.05, 4.69) is 4.98 Å². The van der Waals surface area contributed by atoms with Crippen LogP contribution in [-0.2, 0) is 14.6 Å². The zero-order chi connectivity index (χ0) is 15.0. The molecule has 0 N–H and O–H groups in total. The molecule has 1 aromatic rings. The van der Waals surface area contributed by atoms with Gasteiger partial charge in [0.15, 0.2) is 9.84 Å². The molecule has 0 aliphatic carbocycles. The van der Waals surface area contributed by atoms with Gasteiger partial charge in [-0.3, -0.25) is 14.7 Å². The van der Waals surface area contributed by atoms with Crippen LogP contribution in [0.5, 0.6) is 0 Å². The summed E-state index contributed by atoms with van der Waals surface area (Å²) in [4.78, 5) is 18.4. The number of nitrogens with zero attached hydrogens (tertiary/aromatic N) is 2. The molecule has 1 aromatic heterocycles. The van der Waals surface area contributed by atoms with Gasteiger partial charge in [-0.25, -0.2) is 8.42 Å². The topological polar surface area (TPSA) is 67.3 Å². The fourth-order valence-electron chi connectivity index (χ4n) is 2.39. The standard InChI is InChI=1S/C13H12N2O3S3/c16-12-11(6-9-2-1-4-14-7-9)20-13(19)15(12)10-3-5-21(17,18)8-10/h1-2,4,6-7,10H,3,5,8H2/b11-6+/t10-/m1/s1. The lowest BCUT2D eigenvalue weighted by Crippen LogP contribution is -2.39. The highest BCUT2D eigenvalue weighted by Gasteiger charge is 2.41. The first-order valence-electron chi connectivity index (χ1n) is 6.34. The summed E-state index contributed by atoms with van der Waals surface area (Å²) in [5.74, 6) is -0.0911. The minimum Gasteiger partial charge on any atom is -0.289 e. The number of thioether (sulfide) groups is 1. The van der Waals surface area contributed by atoms with E-state index in [4.69, 9.17) is 12.2 Å². The minimum absolute atomic E-state index is 0.000384. The molecule has 3 heterocycles. The normalized spacial score (nSPS) is 26.8. The molecule has 0 aromatic carbocycles. The molecule has 8 heteroatoms. The quantitative estimate of drug-likeness (QED) is 0.600. The molecule has 0 radical (unpaired) electrons. The van der Waals surface area contributed by atoms with E-state index in [0.29, 0.717) is 15.6 Å². The summed E-state index contributed by atoms with van der Waals surface area (Å²) in [5.41, 5.74) is 0.817. The van der Waals surface area contributed by atoms with Crippen molar-refractivity contribution < 1.29 is 13.2 Å². The Morgan fingerprint density at radius 3 is 2.90 bits per heavy atom. The van der Waals surface area contributed by atoms with Crippen molar-refractivity contribution in [1.29, 1.82) is 0 Å². The molecule has 0 spiro atoms. The number of carbonyl (C=O) groups excluding carboxylic acids is 1. The van der Waals surface area contributed by atoms with Gasteiger partial charge in [0.2, 0.25) is 0 Å². The predicted octanol–water partition coefficient (Wildman–Crippen LogP) is 1.47. The van der Waals surface area contributed by atoms with Gasteiger partial charge in [0.05, 0.1) is 22.5 Å². The number of pyridine rings is 1. The summed E-state index contributed by atoms with van der Waals surface area (Å²) in [7, 11) is -3.05. The van der Waals surface area contributed by atoms with Crippen molar-refractivity contribution >= 4 is 50.1 Å². The van der Waals surface area contributed by atoms with Gasteiger partial charge in [-0.2, -0.15) is 0 Å². The molecular weight excluding hydrogens is 328 g/mol. The van der Waals surface area contributed by atoms with Gasteiger partial charge in [0, 0.05) is 12.4 Å². The summed E-state index contributed by atoms with van der Waals surface area (Å²) in [6.07, 6.45) is 5.50. The highest BCUT2D eigenvalue weighted by molar-refractivity contribution is 8.26. The lowest BCUT2D eigenvalue weighted by Gasteiger charge is -2.20. The molecule has 1 atom stereocenters. The van der Waals surface area contributed by atoms with E-state index < -0.39 is 9.84 Å². The summed E-state index contributed by atoms with van der Waals surface area (Å²) >= 11 is 6.45. The second-order valence-electron chi connectivity index (χ2n) is 4.89. The summed E-state index contributed by atoms with van der Waals surface area (Å²) in [6.45, 7) is 0. The fraction of sp³-hybridized carbons (Fsp3) is 0.308. The first-order chi connectivity index (χ1) is 9.96. The third kappa shape index (κ3) is 3.02. The van der Waals surface area contributed by atoms with Crippen LogP contribution in [-0.4, -0.2) is 46.1 Å². The van der Waals surface area contributed by atoms with Crippen molar-refractivity contribution in [3.63, 3.8) is 0 Å². The predicted molar refractivity (Wildman–Crippen MR) is 86.3 cm³/mol. The molecule has 2 saturated heterocycles. The van der Waals surface area contributed by atoms with Crippen LogP contribution in [0.25, 0.3) is 6.08 Å². The zero-order valence-electron chi connectivity index (χ0n) is 10.9. The van der Waals surface area contributed by atoms with Gasteiger partial charge < -0.3 is 0 Å². The van der Waals surface area contributed by atoms with Crippen LogP contribution < -0.4 is 0 Å². The maximum Gasteiger partial charge on any atom is 0.266 e. The largest absolute Gasteiger partial charge is 0.289 e. The fourth-order valence-corrected chi connectivity index (χ4v) is 5.49. The number of rotatable bonds is 2. The van der Waals surface area contributed by atoms with Gasteiger partial charge in [0.1, 0.15) is 4.32 Å². The maximum absolute atomic E-state index is 12.5. The molecule has 5 nitrogen and oxygen atoms in total. The summed E-state index contributed by atoms with van der Waals surface area (Å²) in [6, 6.07) is 3.30. The number of aromatic nitrogens is 1. The smallest absolute Gasteiger partial charge is 0.266 e. The Morgan fingerprint density at radius 1 is 1.48 bits per heavy atom. The first kappa shape index (κ1) is 14.7. The Bertz CT molecular complexity index is 728. The van der Waals surface area contributed by atoms with E-state index in [1.54, 1.807) is 24.5 Å². The average Bonchev–Trinajstić information content (AvgIpc) is 2.91. The monoisotopic (exact) mass is 340 g/mol. The molecule has 1 amide bonds. The van der Waals surface area contributed by atoms with Crippen LogP contribution >= 0.6 is 24.0 Å². The first-order valence-corrected chi connectivity index (χ1v) is 9.38. The Kier molecular flexibility index (Phi) is 3.85. The Balaban J connectivity index is 1.85. The molecule has 0 unspecified atom stereocenters. The Labute approximate surface area is 132 Å². The van der Waals surface area contributed by atoms with E-state index in [0.717, 1.165) is 5.56 Å². The molecule has 2 aliphatic heterocycles. The lowest BCUT2D eigenvalue weighted by atomic mass is 10.2. The van der Waals surface area contributed by atoms with Crippen molar-refractivity contribution in [1.82, 2.24) is 9.88 Å². The van der Waals surface area contributed by atoms with E-state index in [1.165, 1.54) is 16.7 Å². The molecule has 21 heavy (non-hydrogen) atoms. The maximum atomic E-state index is 12.5. The molecule has 0 saturated carbocycles. The lowest BCUT2D eigenvalue weighted by molar-refractivity contribution is -0.123. The Hall–Kier alpha value is -1.25. The van der Waals surface area contributed by atoms with Crippen LogP contribution in [0.2, 0.25) is 0 Å². The molecule has 0 bridgehead atoms. The average molecular weight is 340 g/mol. The zero-order valence-corrected chi connectivity index (χ0v) is 13.4. The molecule has 3 rings (SSSR count). The van der Waals surface area contributed by atoms with E-state index in [-0.39, 0.29) is 23.5 Å². The van der Waals surface area contributed by atoms with Crippen LogP contribution in [0.4, 0.5) is 0 Å². The highest BCUT2D eigenvalue weighted by Crippen LogP contribution is 2.36. The molecule has 2 aliphatic rings. The van der Waals surface area contributed by atoms with Gasteiger partial charge in [-0.05, 0) is 24.1 Å². The van der Waals surface area contributed by atoms with Crippen molar-refractivity contribution in [2.45, 2.75) is 12.5 Å². The van der Waals surface area contributed by atoms with E-state index in [9.17, 15) is 13.2 Å². The van der Waals surface area contributed by atoms with Crippen LogP contribution in [0.15, 0.2) is 29.4 Å². The van der Waals surface area contributed by atoms with Crippen molar-refractivity contribution in [3.05, 3.63) is 35.0 Å². The van der Waals surface area contributed by atoms with Gasteiger partial charge >= 0.3 is 0 Å². The molecular formula is C13H12N2O3S3. The summed E-state index contributed by atoms with van der Waals surface area (Å²) < 4.78 is 23.6. The number of hydrogen-bond donors (Lipinski definition) is 0. The third-order valence-electron chi connectivity index (χ3n) is 3.38. The van der Waals surface area contributed by atoms with Crippen LogP contribution in [0.1, 0.15) is 12.0 Å². The van der Waals surface area contributed by atoms with E-state index in [1.807, 2.05) is 6.07 Å².